The Balaban J connectivity index is 1.36. The van der Waals surface area contributed by atoms with Crippen molar-refractivity contribution in [3.63, 3.8) is 0 Å². The molecule has 0 spiro atoms. The van der Waals surface area contributed by atoms with Crippen LogP contribution in [0.4, 0.5) is 0 Å². The molecule has 0 radical (unpaired) electrons. The summed E-state index contributed by atoms with van der Waals surface area (Å²) in [6, 6.07) is 7.65. The Morgan fingerprint density at radius 2 is 1.94 bits per heavy atom. The Kier molecular flexibility index (Phi) is 6.44. The van der Waals surface area contributed by atoms with Crippen molar-refractivity contribution in [1.29, 1.82) is 0 Å². The zero-order valence-electron chi connectivity index (χ0n) is 19.4. The summed E-state index contributed by atoms with van der Waals surface area (Å²) >= 11 is 0. The van der Waals surface area contributed by atoms with Crippen LogP contribution in [0.3, 0.4) is 0 Å². The highest BCUT2D eigenvalue weighted by Gasteiger charge is 2.43. The van der Waals surface area contributed by atoms with Gasteiger partial charge in [0.25, 0.3) is 0 Å². The molecule has 2 fully saturated rings. The van der Waals surface area contributed by atoms with Crippen LogP contribution in [-0.2, 0) is 22.6 Å². The number of benzene rings is 1. The van der Waals surface area contributed by atoms with E-state index in [1.165, 1.54) is 0 Å². The van der Waals surface area contributed by atoms with E-state index in [-0.39, 0.29) is 30.1 Å². The Bertz CT molecular complexity index is 999. The fourth-order valence-corrected chi connectivity index (χ4v) is 4.48. The molecule has 1 saturated heterocycles. The molecule has 2 aromatic rings. The van der Waals surface area contributed by atoms with E-state index in [4.69, 9.17) is 14.7 Å². The minimum absolute atomic E-state index is 0.0634. The van der Waals surface area contributed by atoms with Crippen molar-refractivity contribution in [2.45, 2.75) is 52.5 Å². The largest absolute Gasteiger partial charge is 0.497 e. The van der Waals surface area contributed by atoms with Gasteiger partial charge in [-0.05, 0) is 50.3 Å². The van der Waals surface area contributed by atoms with Crippen LogP contribution in [0.1, 0.15) is 54.0 Å². The summed E-state index contributed by atoms with van der Waals surface area (Å²) in [5.41, 5.74) is 3.53. The third-order valence-electron chi connectivity index (χ3n) is 6.69. The smallest absolute Gasteiger partial charge is 0.225 e. The number of nitrogens with one attached hydrogen (secondary N) is 1. The molecule has 1 aromatic heterocycles. The maximum absolute atomic E-state index is 12.6. The lowest BCUT2D eigenvalue weighted by atomic mass is 10.0. The van der Waals surface area contributed by atoms with Gasteiger partial charge in [0.1, 0.15) is 11.6 Å². The number of rotatable bonds is 7. The topological polar surface area (TPSA) is 84.4 Å². The first-order valence-electron chi connectivity index (χ1n) is 11.4. The Morgan fingerprint density at radius 3 is 2.59 bits per heavy atom. The van der Waals surface area contributed by atoms with Gasteiger partial charge in [-0.15, -0.1) is 0 Å². The monoisotopic (exact) mass is 436 g/mol. The SMILES string of the molecule is COc1cccc(CNC(=O)Cc2c(C)nc([C@@H]3CCN(C(=O)[C@@H]4C[C@H]4C)C3)nc2C)c1. The molecular weight excluding hydrogens is 404 g/mol. The predicted molar refractivity (Wildman–Crippen MR) is 121 cm³/mol. The number of hydrogen-bond acceptors (Lipinski definition) is 5. The van der Waals surface area contributed by atoms with Crippen molar-refractivity contribution in [2.75, 3.05) is 20.2 Å². The molecule has 2 heterocycles. The molecule has 3 atom stereocenters. The Labute approximate surface area is 189 Å². The van der Waals surface area contributed by atoms with Crippen LogP contribution in [-0.4, -0.2) is 46.9 Å². The summed E-state index contributed by atoms with van der Waals surface area (Å²) in [5, 5.41) is 2.97. The van der Waals surface area contributed by atoms with Gasteiger partial charge in [0.05, 0.1) is 13.5 Å². The van der Waals surface area contributed by atoms with Gasteiger partial charge < -0.3 is 15.0 Å². The van der Waals surface area contributed by atoms with Crippen molar-refractivity contribution in [3.05, 3.63) is 52.6 Å². The molecule has 1 N–H and O–H groups in total. The molecule has 32 heavy (non-hydrogen) atoms. The van der Waals surface area contributed by atoms with Gasteiger partial charge in [0.15, 0.2) is 0 Å². The van der Waals surface area contributed by atoms with E-state index >= 15 is 0 Å². The number of ether oxygens (including phenoxy) is 1. The standard InChI is InChI=1S/C25H32N4O3/c1-15-10-21(15)25(31)29-9-8-19(14-29)24-27-16(2)22(17(3)28-24)12-23(30)26-13-18-6-5-7-20(11-18)32-4/h5-7,11,15,19,21H,8-10,12-14H2,1-4H3,(H,26,30)/t15-,19-,21-/m1/s1. The van der Waals surface area contributed by atoms with Crippen LogP contribution in [0.5, 0.6) is 5.75 Å². The van der Waals surface area contributed by atoms with Crippen molar-refractivity contribution in [1.82, 2.24) is 20.2 Å². The molecule has 1 aromatic carbocycles. The average molecular weight is 437 g/mol. The first-order chi connectivity index (χ1) is 15.4. The molecule has 1 saturated carbocycles. The lowest BCUT2D eigenvalue weighted by Crippen LogP contribution is -2.30. The number of nitrogens with zero attached hydrogens (tertiary/aromatic N) is 3. The second-order valence-electron chi connectivity index (χ2n) is 9.13. The third-order valence-corrected chi connectivity index (χ3v) is 6.69. The number of amides is 2. The van der Waals surface area contributed by atoms with E-state index in [9.17, 15) is 9.59 Å². The maximum Gasteiger partial charge on any atom is 0.225 e. The van der Waals surface area contributed by atoms with Gasteiger partial charge in [0.2, 0.25) is 11.8 Å². The van der Waals surface area contributed by atoms with Gasteiger partial charge in [-0.1, -0.05) is 19.1 Å². The number of aryl methyl sites for hydroxylation is 2. The van der Waals surface area contributed by atoms with Gasteiger partial charge in [-0.25, -0.2) is 9.97 Å². The van der Waals surface area contributed by atoms with Crippen LogP contribution in [0.15, 0.2) is 24.3 Å². The summed E-state index contributed by atoms with van der Waals surface area (Å²) in [6.45, 7) is 7.93. The van der Waals surface area contributed by atoms with Crippen LogP contribution < -0.4 is 10.1 Å². The predicted octanol–water partition coefficient (Wildman–Crippen LogP) is 2.93. The van der Waals surface area contributed by atoms with Crippen LogP contribution in [0.25, 0.3) is 0 Å². The van der Waals surface area contributed by atoms with E-state index in [0.717, 1.165) is 53.5 Å². The minimum Gasteiger partial charge on any atom is -0.497 e. The third kappa shape index (κ3) is 4.92. The highest BCUT2D eigenvalue weighted by molar-refractivity contribution is 5.82. The van der Waals surface area contributed by atoms with Gasteiger partial charge >= 0.3 is 0 Å². The van der Waals surface area contributed by atoms with E-state index in [1.807, 2.05) is 43.0 Å². The number of likely N-dealkylation sites (tertiary alicyclic amines) is 1. The lowest BCUT2D eigenvalue weighted by molar-refractivity contribution is -0.131. The van der Waals surface area contributed by atoms with Gasteiger partial charge in [0, 0.05) is 48.4 Å². The van der Waals surface area contributed by atoms with E-state index in [2.05, 4.69) is 12.2 Å². The first-order valence-corrected chi connectivity index (χ1v) is 11.4. The molecular formula is C25H32N4O3. The Hall–Kier alpha value is -2.96. The van der Waals surface area contributed by atoms with E-state index in [1.54, 1.807) is 7.11 Å². The molecule has 1 aliphatic heterocycles. The second kappa shape index (κ2) is 9.27. The number of hydrogen-bond donors (Lipinski definition) is 1. The van der Waals surface area contributed by atoms with Crippen molar-refractivity contribution in [2.24, 2.45) is 11.8 Å². The minimum atomic E-state index is -0.0634. The normalized spacial score (nSPS) is 22.0. The maximum atomic E-state index is 12.6. The molecule has 170 valence electrons. The van der Waals surface area contributed by atoms with Crippen LogP contribution in [0.2, 0.25) is 0 Å². The molecule has 4 rings (SSSR count). The number of carbonyl (C=O) groups excluding carboxylic acids is 2. The van der Waals surface area contributed by atoms with Crippen molar-refractivity contribution >= 4 is 11.8 Å². The molecule has 1 aliphatic carbocycles. The van der Waals surface area contributed by atoms with Crippen molar-refractivity contribution in [3.8, 4) is 5.75 Å². The second-order valence-corrected chi connectivity index (χ2v) is 9.13. The summed E-state index contributed by atoms with van der Waals surface area (Å²) in [7, 11) is 1.63. The van der Waals surface area contributed by atoms with Crippen LogP contribution >= 0.6 is 0 Å². The quantitative estimate of drug-likeness (QED) is 0.721. The van der Waals surface area contributed by atoms with Crippen molar-refractivity contribution < 1.29 is 14.3 Å². The highest BCUT2D eigenvalue weighted by Crippen LogP contribution is 2.40. The number of methoxy groups -OCH3 is 1. The molecule has 0 bridgehead atoms. The Morgan fingerprint density at radius 1 is 1.22 bits per heavy atom. The average Bonchev–Trinajstić information content (AvgIpc) is 3.31. The fourth-order valence-electron chi connectivity index (χ4n) is 4.48. The fraction of sp³-hybridized carbons (Fsp3) is 0.520. The molecule has 2 amide bonds. The summed E-state index contributed by atoms with van der Waals surface area (Å²) in [6.07, 6.45) is 2.16. The number of carbonyl (C=O) groups is 2. The molecule has 0 unspecified atom stereocenters. The molecule has 7 heteroatoms. The lowest BCUT2D eigenvalue weighted by Gasteiger charge is -2.17. The van der Waals surface area contributed by atoms with Crippen LogP contribution in [0, 0.1) is 25.7 Å². The molecule has 7 nitrogen and oxygen atoms in total. The summed E-state index contributed by atoms with van der Waals surface area (Å²) in [4.78, 5) is 36.5. The highest BCUT2D eigenvalue weighted by atomic mass is 16.5. The van der Waals surface area contributed by atoms with E-state index in [0.29, 0.717) is 19.0 Å². The molecule has 2 aliphatic rings. The van der Waals surface area contributed by atoms with Gasteiger partial charge in [-0.2, -0.15) is 0 Å². The zero-order chi connectivity index (χ0) is 22.8. The zero-order valence-corrected chi connectivity index (χ0v) is 19.4. The summed E-state index contributed by atoms with van der Waals surface area (Å²) in [5.74, 6) is 2.70. The van der Waals surface area contributed by atoms with E-state index < -0.39 is 0 Å². The van der Waals surface area contributed by atoms with Gasteiger partial charge in [-0.3, -0.25) is 9.59 Å². The first kappa shape index (κ1) is 22.2. The summed E-state index contributed by atoms with van der Waals surface area (Å²) < 4.78 is 5.23. The number of aromatic nitrogens is 2.